The summed E-state index contributed by atoms with van der Waals surface area (Å²) < 4.78 is 36.9. The minimum atomic E-state index is -3.65. The number of rotatable bonds is 10. The maximum absolute atomic E-state index is 12.8. The second-order valence-electron chi connectivity index (χ2n) is 7.07. The average Bonchev–Trinajstić information content (AvgIpc) is 2.71. The van der Waals surface area contributed by atoms with E-state index in [9.17, 15) is 13.2 Å². The number of nitrogens with one attached hydrogen (secondary N) is 1. The van der Waals surface area contributed by atoms with Gasteiger partial charge in [0.05, 0.1) is 25.6 Å². The predicted molar refractivity (Wildman–Crippen MR) is 119 cm³/mol. The van der Waals surface area contributed by atoms with E-state index < -0.39 is 16.1 Å². The van der Waals surface area contributed by atoms with Gasteiger partial charge in [-0.2, -0.15) is 0 Å². The van der Waals surface area contributed by atoms with Gasteiger partial charge in [0.25, 0.3) is 0 Å². The Morgan fingerprint density at radius 3 is 2.23 bits per heavy atom. The van der Waals surface area contributed by atoms with Gasteiger partial charge in [-0.3, -0.25) is 9.10 Å². The molecule has 2 rings (SSSR count). The van der Waals surface area contributed by atoms with Gasteiger partial charge < -0.3 is 14.8 Å². The highest BCUT2D eigenvalue weighted by Gasteiger charge is 2.31. The molecule has 8 heteroatoms. The Balaban J connectivity index is 2.05. The number of sulfonamides is 1. The lowest BCUT2D eigenvalue weighted by atomic mass is 10.1. The fraction of sp³-hybridized carbons (Fsp3) is 0.409. The first-order valence-electron chi connectivity index (χ1n) is 9.78. The molecule has 1 N–H and O–H groups in total. The number of nitrogens with zero attached hydrogens (tertiary/aromatic N) is 1. The molecule has 2 aromatic carbocycles. The third kappa shape index (κ3) is 6.13. The topological polar surface area (TPSA) is 84.9 Å². The van der Waals surface area contributed by atoms with Crippen molar-refractivity contribution in [2.24, 2.45) is 0 Å². The molecule has 0 heterocycles. The highest BCUT2D eigenvalue weighted by Crippen LogP contribution is 2.25. The molecule has 1 unspecified atom stereocenters. The van der Waals surface area contributed by atoms with E-state index in [1.54, 1.807) is 50.4 Å². The van der Waals surface area contributed by atoms with E-state index in [2.05, 4.69) is 5.32 Å². The molecule has 0 saturated heterocycles. The van der Waals surface area contributed by atoms with Crippen LogP contribution in [0.1, 0.15) is 24.5 Å². The summed E-state index contributed by atoms with van der Waals surface area (Å²) in [5.41, 5.74) is 2.50. The van der Waals surface area contributed by atoms with Gasteiger partial charge in [-0.05, 0) is 67.8 Å². The van der Waals surface area contributed by atoms with E-state index in [0.717, 1.165) is 23.1 Å². The number of hydrogen-bond donors (Lipinski definition) is 1. The van der Waals surface area contributed by atoms with Crippen molar-refractivity contribution < 1.29 is 22.7 Å². The van der Waals surface area contributed by atoms with Crippen molar-refractivity contribution in [3.8, 4) is 11.5 Å². The maximum atomic E-state index is 12.8. The van der Waals surface area contributed by atoms with E-state index in [4.69, 9.17) is 9.47 Å². The molecule has 0 spiro atoms. The van der Waals surface area contributed by atoms with Crippen LogP contribution in [0, 0.1) is 13.8 Å². The first-order chi connectivity index (χ1) is 14.2. The Morgan fingerprint density at radius 1 is 1.07 bits per heavy atom. The monoisotopic (exact) mass is 434 g/mol. The van der Waals surface area contributed by atoms with Gasteiger partial charge in [0.2, 0.25) is 15.9 Å². The molecule has 0 aliphatic rings. The molecule has 1 amide bonds. The van der Waals surface area contributed by atoms with Crippen LogP contribution < -0.4 is 19.1 Å². The number of amides is 1. The second-order valence-corrected chi connectivity index (χ2v) is 8.93. The molecule has 7 nitrogen and oxygen atoms in total. The summed E-state index contributed by atoms with van der Waals surface area (Å²) >= 11 is 0. The number of carbonyl (C=O) groups excluding carboxylic acids is 1. The average molecular weight is 435 g/mol. The smallest absolute Gasteiger partial charge is 0.244 e. The highest BCUT2D eigenvalue weighted by atomic mass is 32.2. The van der Waals surface area contributed by atoms with Crippen molar-refractivity contribution in [1.82, 2.24) is 5.32 Å². The van der Waals surface area contributed by atoms with Crippen LogP contribution in [0.2, 0.25) is 0 Å². The Bertz CT molecular complexity index is 958. The van der Waals surface area contributed by atoms with Crippen LogP contribution in [0.5, 0.6) is 11.5 Å². The van der Waals surface area contributed by atoms with Gasteiger partial charge in [0.15, 0.2) is 0 Å². The minimum Gasteiger partial charge on any atom is -0.497 e. The van der Waals surface area contributed by atoms with E-state index in [-0.39, 0.29) is 19.1 Å². The number of aryl methyl sites for hydroxylation is 2. The molecule has 0 aliphatic heterocycles. The number of benzene rings is 2. The molecule has 164 valence electrons. The summed E-state index contributed by atoms with van der Waals surface area (Å²) in [6.07, 6.45) is 1.45. The van der Waals surface area contributed by atoms with Crippen molar-refractivity contribution in [2.45, 2.75) is 33.2 Å². The van der Waals surface area contributed by atoms with E-state index >= 15 is 0 Å². The lowest BCUT2D eigenvalue weighted by Crippen LogP contribution is -2.50. The van der Waals surface area contributed by atoms with Gasteiger partial charge >= 0.3 is 0 Å². The van der Waals surface area contributed by atoms with Crippen LogP contribution in [0.4, 0.5) is 5.69 Å². The molecule has 1 atom stereocenters. The molecule has 0 saturated carbocycles. The Labute approximate surface area is 179 Å². The van der Waals surface area contributed by atoms with Crippen molar-refractivity contribution in [3.05, 3.63) is 53.6 Å². The van der Waals surface area contributed by atoms with Crippen LogP contribution >= 0.6 is 0 Å². The van der Waals surface area contributed by atoms with E-state index in [1.165, 1.54) is 4.31 Å². The summed E-state index contributed by atoms with van der Waals surface area (Å²) in [6, 6.07) is 11.7. The van der Waals surface area contributed by atoms with Crippen molar-refractivity contribution in [2.75, 3.05) is 30.8 Å². The van der Waals surface area contributed by atoms with Gasteiger partial charge in [-0.1, -0.05) is 13.0 Å². The molecule has 0 bridgehead atoms. The second kappa shape index (κ2) is 10.3. The minimum absolute atomic E-state index is 0.256. The zero-order chi connectivity index (χ0) is 22.3. The van der Waals surface area contributed by atoms with Crippen molar-refractivity contribution >= 4 is 21.6 Å². The van der Waals surface area contributed by atoms with Crippen molar-refractivity contribution in [1.29, 1.82) is 0 Å². The molecule has 0 aromatic heterocycles. The third-order valence-electron chi connectivity index (χ3n) is 4.80. The van der Waals surface area contributed by atoms with Crippen LogP contribution in [-0.4, -0.2) is 46.9 Å². The van der Waals surface area contributed by atoms with Crippen LogP contribution in [0.15, 0.2) is 42.5 Å². The summed E-state index contributed by atoms with van der Waals surface area (Å²) in [4.78, 5) is 12.8. The third-order valence-corrected chi connectivity index (χ3v) is 5.98. The molecule has 0 aliphatic carbocycles. The summed E-state index contributed by atoms with van der Waals surface area (Å²) in [7, 11) is -2.06. The van der Waals surface area contributed by atoms with Gasteiger partial charge in [0, 0.05) is 0 Å². The fourth-order valence-electron chi connectivity index (χ4n) is 3.06. The normalized spacial score (nSPS) is 12.2. The number of anilines is 1. The standard InChI is InChI=1S/C22H30N2O5S/c1-6-21(24(30(5,26)27)18-8-7-16(2)17(3)15-18)22(25)23-13-14-29-20-11-9-19(28-4)10-12-20/h7-12,15,21H,6,13-14H2,1-5H3,(H,23,25). The lowest BCUT2D eigenvalue weighted by Gasteiger charge is -2.30. The number of methoxy groups -OCH3 is 1. The first-order valence-corrected chi connectivity index (χ1v) is 11.6. The Morgan fingerprint density at radius 2 is 1.70 bits per heavy atom. The molecular weight excluding hydrogens is 404 g/mol. The summed E-state index contributed by atoms with van der Waals surface area (Å²) in [6.45, 7) is 6.17. The van der Waals surface area contributed by atoms with Crippen molar-refractivity contribution in [3.63, 3.8) is 0 Å². The fourth-order valence-corrected chi connectivity index (χ4v) is 4.26. The number of carbonyl (C=O) groups is 1. The summed E-state index contributed by atoms with van der Waals surface area (Å²) in [5, 5.41) is 2.78. The largest absolute Gasteiger partial charge is 0.497 e. The van der Waals surface area contributed by atoms with Gasteiger partial charge in [-0.15, -0.1) is 0 Å². The predicted octanol–water partition coefficient (Wildman–Crippen LogP) is 3.05. The number of hydrogen-bond acceptors (Lipinski definition) is 5. The lowest BCUT2D eigenvalue weighted by molar-refractivity contribution is -0.122. The maximum Gasteiger partial charge on any atom is 0.244 e. The Hall–Kier alpha value is -2.74. The molecule has 2 aromatic rings. The molecular formula is C22H30N2O5S. The molecule has 30 heavy (non-hydrogen) atoms. The summed E-state index contributed by atoms with van der Waals surface area (Å²) in [5.74, 6) is 1.03. The molecule has 0 radical (unpaired) electrons. The van der Waals surface area contributed by atoms with E-state index in [0.29, 0.717) is 17.9 Å². The van der Waals surface area contributed by atoms with Crippen LogP contribution in [-0.2, 0) is 14.8 Å². The van der Waals surface area contributed by atoms with Crippen LogP contribution in [0.25, 0.3) is 0 Å². The van der Waals surface area contributed by atoms with Crippen LogP contribution in [0.3, 0.4) is 0 Å². The zero-order valence-electron chi connectivity index (χ0n) is 18.1. The quantitative estimate of drug-likeness (QED) is 0.581. The van der Waals surface area contributed by atoms with Gasteiger partial charge in [-0.25, -0.2) is 8.42 Å². The highest BCUT2D eigenvalue weighted by molar-refractivity contribution is 7.92. The first kappa shape index (κ1) is 23.5. The molecule has 0 fully saturated rings. The van der Waals surface area contributed by atoms with E-state index in [1.807, 2.05) is 19.9 Å². The Kier molecular flexibility index (Phi) is 8.11. The SMILES string of the molecule is CCC(C(=O)NCCOc1ccc(OC)cc1)N(c1ccc(C)c(C)c1)S(C)(=O)=O. The number of ether oxygens (including phenoxy) is 2. The zero-order valence-corrected chi connectivity index (χ0v) is 19.0. The van der Waals surface area contributed by atoms with Gasteiger partial charge in [0.1, 0.15) is 24.1 Å².